The van der Waals surface area contributed by atoms with Gasteiger partial charge in [0.2, 0.25) is 5.91 Å². The molecular formula is C21H25N3O3S2. The van der Waals surface area contributed by atoms with Crippen molar-refractivity contribution in [3.05, 3.63) is 58.8 Å². The lowest BCUT2D eigenvalue weighted by Crippen LogP contribution is -2.41. The van der Waals surface area contributed by atoms with Crippen molar-refractivity contribution in [1.29, 1.82) is 0 Å². The number of unbranched alkanes of at least 4 members (excludes halogenated alkanes) is 1. The van der Waals surface area contributed by atoms with E-state index in [4.69, 9.17) is 0 Å². The number of rotatable bonds is 9. The molecule has 2 aromatic carbocycles. The minimum absolute atomic E-state index is 0.136. The molecule has 0 spiro atoms. The Balaban J connectivity index is 1.62. The fourth-order valence-corrected chi connectivity index (χ4v) is 5.00. The van der Waals surface area contributed by atoms with Crippen LogP contribution in [-0.4, -0.2) is 28.4 Å². The highest BCUT2D eigenvalue weighted by Crippen LogP contribution is 2.29. The van der Waals surface area contributed by atoms with E-state index in [0.717, 1.165) is 23.9 Å². The highest BCUT2D eigenvalue weighted by molar-refractivity contribution is 7.89. The number of fused-ring (bicyclic) bond motifs is 1. The lowest BCUT2D eigenvalue weighted by molar-refractivity contribution is -0.121. The minimum atomic E-state index is -3.89. The van der Waals surface area contributed by atoms with Crippen molar-refractivity contribution in [2.75, 3.05) is 19.0 Å². The van der Waals surface area contributed by atoms with E-state index >= 15 is 0 Å². The van der Waals surface area contributed by atoms with E-state index in [9.17, 15) is 13.2 Å². The molecule has 6 nitrogen and oxygen atoms in total. The van der Waals surface area contributed by atoms with Crippen LogP contribution in [-0.2, 0) is 21.2 Å². The van der Waals surface area contributed by atoms with Gasteiger partial charge in [0.1, 0.15) is 0 Å². The van der Waals surface area contributed by atoms with Gasteiger partial charge in [-0.2, -0.15) is 0 Å². The average Bonchev–Trinajstić information content (AvgIpc) is 3.22. The molecule has 1 amide bonds. The van der Waals surface area contributed by atoms with Gasteiger partial charge in [-0.3, -0.25) is 10.2 Å². The van der Waals surface area contributed by atoms with E-state index in [1.165, 1.54) is 10.9 Å². The summed E-state index contributed by atoms with van der Waals surface area (Å²) >= 11 is 1.70. The number of hydrogen-bond acceptors (Lipinski definition) is 5. The molecule has 0 atom stereocenters. The summed E-state index contributed by atoms with van der Waals surface area (Å²) in [6, 6.07) is 14.7. The summed E-state index contributed by atoms with van der Waals surface area (Å²) in [6.07, 6.45) is 2.79. The monoisotopic (exact) mass is 431 g/mol. The first-order valence-corrected chi connectivity index (χ1v) is 11.8. The van der Waals surface area contributed by atoms with Gasteiger partial charge in [0.25, 0.3) is 10.0 Å². The Morgan fingerprint density at radius 2 is 1.76 bits per heavy atom. The zero-order chi connectivity index (χ0) is 20.9. The molecule has 29 heavy (non-hydrogen) atoms. The predicted octanol–water partition coefficient (Wildman–Crippen LogP) is 3.69. The fraction of sp³-hybridized carbons (Fsp3) is 0.286. The van der Waals surface area contributed by atoms with Crippen molar-refractivity contribution >= 4 is 43.7 Å². The predicted molar refractivity (Wildman–Crippen MR) is 119 cm³/mol. The van der Waals surface area contributed by atoms with Gasteiger partial charge in [0.05, 0.1) is 4.90 Å². The van der Waals surface area contributed by atoms with Gasteiger partial charge < -0.3 is 4.90 Å². The molecule has 0 saturated heterocycles. The summed E-state index contributed by atoms with van der Waals surface area (Å²) in [5, 5.41) is 3.47. The summed E-state index contributed by atoms with van der Waals surface area (Å²) < 4.78 is 25.6. The first kappa shape index (κ1) is 21.3. The van der Waals surface area contributed by atoms with Crippen molar-refractivity contribution in [3.63, 3.8) is 0 Å². The zero-order valence-corrected chi connectivity index (χ0v) is 18.1. The van der Waals surface area contributed by atoms with Gasteiger partial charge in [0.15, 0.2) is 0 Å². The summed E-state index contributed by atoms with van der Waals surface area (Å²) in [7, 11) is -0.0701. The van der Waals surface area contributed by atoms with E-state index in [-0.39, 0.29) is 17.2 Å². The molecular weight excluding hydrogens is 406 g/mol. The van der Waals surface area contributed by atoms with Crippen LogP contribution in [0.4, 0.5) is 5.69 Å². The molecule has 0 fully saturated rings. The van der Waals surface area contributed by atoms with Crippen LogP contribution in [0.2, 0.25) is 0 Å². The second-order valence-corrected chi connectivity index (χ2v) is 9.65. The molecule has 0 radical (unpaired) electrons. The van der Waals surface area contributed by atoms with E-state index in [1.807, 2.05) is 48.6 Å². The molecule has 0 bridgehead atoms. The number of amides is 1. The van der Waals surface area contributed by atoms with Crippen LogP contribution in [0.5, 0.6) is 0 Å². The Hall–Kier alpha value is -2.42. The Morgan fingerprint density at radius 1 is 1.00 bits per heavy atom. The van der Waals surface area contributed by atoms with Crippen LogP contribution in [0, 0.1) is 0 Å². The van der Waals surface area contributed by atoms with Crippen LogP contribution in [0.3, 0.4) is 0 Å². The van der Waals surface area contributed by atoms with Crippen molar-refractivity contribution in [2.24, 2.45) is 0 Å². The Morgan fingerprint density at radius 3 is 2.48 bits per heavy atom. The van der Waals surface area contributed by atoms with Gasteiger partial charge in [-0.15, -0.1) is 16.2 Å². The fourth-order valence-electron chi connectivity index (χ4n) is 3.17. The summed E-state index contributed by atoms with van der Waals surface area (Å²) in [5.41, 5.74) is 3.26. The van der Waals surface area contributed by atoms with Gasteiger partial charge in [-0.1, -0.05) is 30.3 Å². The van der Waals surface area contributed by atoms with Crippen LogP contribution < -0.4 is 15.2 Å². The number of hydrogen-bond donors (Lipinski definition) is 2. The maximum Gasteiger partial charge on any atom is 0.257 e. The number of nitrogens with one attached hydrogen (secondary N) is 2. The number of thiophene rings is 1. The topological polar surface area (TPSA) is 78.5 Å². The third kappa shape index (κ3) is 5.35. The SMILES string of the molecule is CN(C)c1cccc2c(S(=O)(=O)NNC(=O)CCCCc3cccs3)cccc12. The highest BCUT2D eigenvalue weighted by atomic mass is 32.2. The number of carbonyl (C=O) groups is 1. The molecule has 154 valence electrons. The maximum atomic E-state index is 12.8. The molecule has 0 aliphatic heterocycles. The molecule has 0 aliphatic carbocycles. The quantitative estimate of drug-likeness (QED) is 0.400. The Kier molecular flexibility index (Phi) is 6.89. The molecule has 1 aromatic heterocycles. The van der Waals surface area contributed by atoms with E-state index in [2.05, 4.69) is 16.3 Å². The normalized spacial score (nSPS) is 11.5. The summed E-state index contributed by atoms with van der Waals surface area (Å²) in [4.78, 5) is 17.6. The maximum absolute atomic E-state index is 12.8. The number of anilines is 1. The van der Waals surface area contributed by atoms with Crippen molar-refractivity contribution < 1.29 is 13.2 Å². The molecule has 3 aromatic rings. The third-order valence-electron chi connectivity index (χ3n) is 4.61. The van der Waals surface area contributed by atoms with Gasteiger partial charge >= 0.3 is 0 Å². The van der Waals surface area contributed by atoms with Crippen molar-refractivity contribution in [2.45, 2.75) is 30.6 Å². The Labute approximate surface area is 175 Å². The molecule has 0 aliphatic rings. The largest absolute Gasteiger partial charge is 0.377 e. The number of carbonyl (C=O) groups excluding carboxylic acids is 1. The molecule has 8 heteroatoms. The second kappa shape index (κ2) is 9.39. The number of sulfonamides is 1. The van der Waals surface area contributed by atoms with Gasteiger partial charge in [-0.25, -0.2) is 8.42 Å². The molecule has 0 unspecified atom stereocenters. The summed E-state index contributed by atoms with van der Waals surface area (Å²) in [6.45, 7) is 0. The summed E-state index contributed by atoms with van der Waals surface area (Å²) in [5.74, 6) is -0.339. The van der Waals surface area contributed by atoms with Crippen LogP contribution in [0.25, 0.3) is 10.8 Å². The molecule has 1 heterocycles. The molecule has 2 N–H and O–H groups in total. The molecule has 3 rings (SSSR count). The lowest BCUT2D eigenvalue weighted by atomic mass is 10.1. The van der Waals surface area contributed by atoms with Crippen molar-refractivity contribution in [3.8, 4) is 0 Å². The number of hydrazine groups is 1. The minimum Gasteiger partial charge on any atom is -0.377 e. The van der Waals surface area contributed by atoms with Crippen LogP contribution >= 0.6 is 11.3 Å². The van der Waals surface area contributed by atoms with Gasteiger partial charge in [-0.05, 0) is 42.8 Å². The van der Waals surface area contributed by atoms with Gasteiger partial charge in [0, 0.05) is 41.9 Å². The first-order chi connectivity index (χ1) is 13.9. The number of nitrogens with zero attached hydrogens (tertiary/aromatic N) is 1. The highest BCUT2D eigenvalue weighted by Gasteiger charge is 2.19. The second-order valence-electron chi connectivity index (χ2n) is 6.96. The smallest absolute Gasteiger partial charge is 0.257 e. The van der Waals surface area contributed by atoms with E-state index in [1.54, 1.807) is 23.5 Å². The van der Waals surface area contributed by atoms with E-state index < -0.39 is 10.0 Å². The standard InChI is InChI=1S/C21H25N3O3S2/c1-24(2)19-12-5-11-18-17(19)10-6-13-20(18)29(26,27)23-22-21(25)14-4-3-8-16-9-7-15-28-16/h5-7,9-13,15,23H,3-4,8,14H2,1-2H3,(H,22,25). The lowest BCUT2D eigenvalue weighted by Gasteiger charge is -2.17. The zero-order valence-electron chi connectivity index (χ0n) is 16.5. The van der Waals surface area contributed by atoms with E-state index in [0.29, 0.717) is 11.8 Å². The van der Waals surface area contributed by atoms with Crippen LogP contribution in [0.15, 0.2) is 58.8 Å². The number of aryl methyl sites for hydroxylation is 1. The molecule has 0 saturated carbocycles. The number of benzene rings is 2. The first-order valence-electron chi connectivity index (χ1n) is 9.40. The third-order valence-corrected chi connectivity index (χ3v) is 6.85. The van der Waals surface area contributed by atoms with Crippen molar-refractivity contribution in [1.82, 2.24) is 10.3 Å². The average molecular weight is 432 g/mol. The Bertz CT molecular complexity index is 1080. The van der Waals surface area contributed by atoms with Crippen LogP contribution in [0.1, 0.15) is 24.1 Å².